The van der Waals surface area contributed by atoms with Crippen molar-refractivity contribution in [2.75, 3.05) is 13.1 Å². The first kappa shape index (κ1) is 21.1. The van der Waals surface area contributed by atoms with Crippen molar-refractivity contribution in [1.29, 1.82) is 0 Å². The van der Waals surface area contributed by atoms with Crippen molar-refractivity contribution in [1.82, 2.24) is 9.62 Å². The van der Waals surface area contributed by atoms with Crippen molar-refractivity contribution < 1.29 is 13.2 Å². The Labute approximate surface area is 179 Å². The Morgan fingerprint density at radius 1 is 1.00 bits per heavy atom. The van der Waals surface area contributed by atoms with Crippen molar-refractivity contribution >= 4 is 15.9 Å². The lowest BCUT2D eigenvalue weighted by Crippen LogP contribution is -2.42. The number of nitrogens with one attached hydrogen (secondary N) is 1. The zero-order chi connectivity index (χ0) is 21.3. The molecule has 30 heavy (non-hydrogen) atoms. The summed E-state index contributed by atoms with van der Waals surface area (Å²) >= 11 is 0. The van der Waals surface area contributed by atoms with E-state index in [1.165, 1.54) is 11.1 Å². The van der Waals surface area contributed by atoms with Crippen LogP contribution in [-0.2, 0) is 16.4 Å². The first-order valence-corrected chi connectivity index (χ1v) is 12.3. The van der Waals surface area contributed by atoms with Gasteiger partial charge >= 0.3 is 0 Å². The van der Waals surface area contributed by atoms with Crippen molar-refractivity contribution in [2.24, 2.45) is 11.8 Å². The normalized spacial score (nSPS) is 24.8. The summed E-state index contributed by atoms with van der Waals surface area (Å²) in [7, 11) is -3.54. The molecule has 1 fully saturated rings. The van der Waals surface area contributed by atoms with Crippen LogP contribution in [0.15, 0.2) is 53.4 Å². The molecule has 1 saturated heterocycles. The summed E-state index contributed by atoms with van der Waals surface area (Å²) < 4.78 is 27.7. The molecule has 0 saturated carbocycles. The summed E-state index contributed by atoms with van der Waals surface area (Å²) in [5, 5.41) is 3.13. The second-order valence-corrected chi connectivity index (χ2v) is 10.8. The maximum Gasteiger partial charge on any atom is 0.251 e. The molecule has 2 aliphatic rings. The third-order valence-electron chi connectivity index (χ3n) is 6.26. The van der Waals surface area contributed by atoms with E-state index in [1.807, 2.05) is 12.1 Å². The molecular formula is C24H30N2O3S. The van der Waals surface area contributed by atoms with Crippen LogP contribution in [-0.4, -0.2) is 31.7 Å². The lowest BCUT2D eigenvalue weighted by Gasteiger charge is -2.34. The van der Waals surface area contributed by atoms with Gasteiger partial charge in [0.25, 0.3) is 5.91 Å². The molecule has 0 radical (unpaired) electrons. The number of carbonyl (C=O) groups is 1. The molecule has 1 heterocycles. The predicted molar refractivity (Wildman–Crippen MR) is 118 cm³/mol. The van der Waals surface area contributed by atoms with Gasteiger partial charge in [-0.15, -0.1) is 0 Å². The molecule has 1 aliphatic heterocycles. The zero-order valence-corrected chi connectivity index (χ0v) is 18.5. The molecule has 0 spiro atoms. The summed E-state index contributed by atoms with van der Waals surface area (Å²) in [6, 6.07) is 14.6. The van der Waals surface area contributed by atoms with Gasteiger partial charge in [0.15, 0.2) is 0 Å². The van der Waals surface area contributed by atoms with Gasteiger partial charge in [-0.05, 0) is 72.9 Å². The Hall–Kier alpha value is -2.18. The minimum Gasteiger partial charge on any atom is -0.345 e. The van der Waals surface area contributed by atoms with Gasteiger partial charge in [-0.1, -0.05) is 38.1 Å². The van der Waals surface area contributed by atoms with Gasteiger partial charge in [-0.2, -0.15) is 4.31 Å². The summed E-state index contributed by atoms with van der Waals surface area (Å²) in [6.45, 7) is 5.29. The number of nitrogens with zero attached hydrogens (tertiary/aromatic N) is 1. The molecule has 1 amide bonds. The molecule has 0 bridgehead atoms. The molecule has 6 heteroatoms. The number of piperidine rings is 1. The molecular weight excluding hydrogens is 396 g/mol. The number of fused-ring (bicyclic) bond motifs is 1. The van der Waals surface area contributed by atoms with E-state index in [9.17, 15) is 13.2 Å². The molecule has 1 aliphatic carbocycles. The summed E-state index contributed by atoms with van der Waals surface area (Å²) in [6.07, 6.45) is 4.06. The molecule has 4 rings (SSSR count). The summed E-state index contributed by atoms with van der Waals surface area (Å²) in [5.74, 6) is 0.541. The van der Waals surface area contributed by atoms with E-state index >= 15 is 0 Å². The van der Waals surface area contributed by atoms with Crippen LogP contribution >= 0.6 is 0 Å². The van der Waals surface area contributed by atoms with Crippen LogP contribution in [0.3, 0.4) is 0 Å². The highest BCUT2D eigenvalue weighted by molar-refractivity contribution is 7.89. The fourth-order valence-corrected chi connectivity index (χ4v) is 6.55. The van der Waals surface area contributed by atoms with Crippen molar-refractivity contribution in [3.05, 3.63) is 65.2 Å². The van der Waals surface area contributed by atoms with Crippen molar-refractivity contribution in [3.63, 3.8) is 0 Å². The number of carbonyl (C=O) groups excluding carboxylic acids is 1. The van der Waals surface area contributed by atoms with Crippen LogP contribution in [0.1, 0.15) is 60.6 Å². The highest BCUT2D eigenvalue weighted by Gasteiger charge is 2.31. The van der Waals surface area contributed by atoms with Crippen LogP contribution in [0.5, 0.6) is 0 Å². The van der Waals surface area contributed by atoms with E-state index in [4.69, 9.17) is 0 Å². The van der Waals surface area contributed by atoms with Crippen LogP contribution in [0.2, 0.25) is 0 Å². The summed E-state index contributed by atoms with van der Waals surface area (Å²) in [5.41, 5.74) is 2.96. The van der Waals surface area contributed by atoms with Gasteiger partial charge in [0, 0.05) is 18.7 Å². The third kappa shape index (κ3) is 4.30. The molecule has 160 valence electrons. The van der Waals surface area contributed by atoms with Gasteiger partial charge < -0.3 is 5.32 Å². The Morgan fingerprint density at radius 2 is 1.67 bits per heavy atom. The fourth-order valence-electron chi connectivity index (χ4n) is 4.87. The van der Waals surface area contributed by atoms with Crippen LogP contribution in [0.25, 0.3) is 0 Å². The minimum atomic E-state index is -3.54. The maximum absolute atomic E-state index is 13.0. The average Bonchev–Trinajstić information content (AvgIpc) is 2.73. The zero-order valence-electron chi connectivity index (χ0n) is 17.7. The van der Waals surface area contributed by atoms with E-state index in [1.54, 1.807) is 28.6 Å². The monoisotopic (exact) mass is 426 g/mol. The number of hydrogen-bond donors (Lipinski definition) is 1. The van der Waals surface area contributed by atoms with Gasteiger partial charge in [0.05, 0.1) is 10.9 Å². The number of benzene rings is 2. The van der Waals surface area contributed by atoms with E-state index in [-0.39, 0.29) is 16.8 Å². The molecule has 2 aromatic carbocycles. The second-order valence-electron chi connectivity index (χ2n) is 8.91. The maximum atomic E-state index is 13.0. The third-order valence-corrected chi connectivity index (χ3v) is 8.11. The SMILES string of the molecule is C[C@@H]1C[C@H](C)CN(S(=O)(=O)c2ccc(C(=O)N[C@@H]3CCCc4ccccc43)cc2)C1. The molecule has 5 nitrogen and oxygen atoms in total. The van der Waals surface area contributed by atoms with Gasteiger partial charge in [0.2, 0.25) is 10.0 Å². The van der Waals surface area contributed by atoms with E-state index in [0.29, 0.717) is 30.5 Å². The summed E-state index contributed by atoms with van der Waals surface area (Å²) in [4.78, 5) is 13.1. The molecule has 2 aromatic rings. The van der Waals surface area contributed by atoms with Gasteiger partial charge in [-0.3, -0.25) is 4.79 Å². The fraction of sp³-hybridized carbons (Fsp3) is 0.458. The largest absolute Gasteiger partial charge is 0.345 e. The second kappa shape index (κ2) is 8.52. The van der Waals surface area contributed by atoms with E-state index in [2.05, 4.69) is 31.3 Å². The lowest BCUT2D eigenvalue weighted by atomic mass is 9.87. The Morgan fingerprint density at radius 3 is 2.37 bits per heavy atom. The number of amides is 1. The van der Waals surface area contributed by atoms with E-state index in [0.717, 1.165) is 25.7 Å². The number of sulfonamides is 1. The van der Waals surface area contributed by atoms with Crippen LogP contribution < -0.4 is 5.32 Å². The van der Waals surface area contributed by atoms with Gasteiger partial charge in [-0.25, -0.2) is 8.42 Å². The Balaban J connectivity index is 1.48. The van der Waals surface area contributed by atoms with Gasteiger partial charge in [0.1, 0.15) is 0 Å². The number of aryl methyl sites for hydroxylation is 1. The minimum absolute atomic E-state index is 0.00202. The predicted octanol–water partition coefficient (Wildman–Crippen LogP) is 4.16. The quantitative estimate of drug-likeness (QED) is 0.798. The average molecular weight is 427 g/mol. The molecule has 1 N–H and O–H groups in total. The highest BCUT2D eigenvalue weighted by Crippen LogP contribution is 2.30. The lowest BCUT2D eigenvalue weighted by molar-refractivity contribution is 0.0932. The number of rotatable bonds is 4. The topological polar surface area (TPSA) is 66.5 Å². The number of hydrogen-bond acceptors (Lipinski definition) is 3. The Kier molecular flexibility index (Phi) is 5.98. The van der Waals surface area contributed by atoms with Crippen LogP contribution in [0.4, 0.5) is 0 Å². The van der Waals surface area contributed by atoms with Crippen molar-refractivity contribution in [2.45, 2.75) is 50.5 Å². The first-order chi connectivity index (χ1) is 14.3. The molecule has 0 aromatic heterocycles. The molecule has 0 unspecified atom stereocenters. The Bertz CT molecular complexity index is 1010. The first-order valence-electron chi connectivity index (χ1n) is 10.8. The van der Waals surface area contributed by atoms with E-state index < -0.39 is 10.0 Å². The van der Waals surface area contributed by atoms with Crippen LogP contribution in [0, 0.1) is 11.8 Å². The molecule has 3 atom stereocenters. The van der Waals surface area contributed by atoms with Crippen molar-refractivity contribution in [3.8, 4) is 0 Å². The highest BCUT2D eigenvalue weighted by atomic mass is 32.2. The standard InChI is InChI=1S/C24H30N2O3S/c1-17-14-18(2)16-26(15-17)30(28,29)21-12-10-20(11-13-21)24(27)25-23-9-5-7-19-6-3-4-8-22(19)23/h3-4,6,8,10-13,17-18,23H,5,7,9,14-16H2,1-2H3,(H,25,27)/t17-,18+,23-/m1/s1. The smallest absolute Gasteiger partial charge is 0.251 e.